The van der Waals surface area contributed by atoms with Gasteiger partial charge in [-0.2, -0.15) is 0 Å². The molecule has 1 heterocycles. The lowest BCUT2D eigenvalue weighted by Crippen LogP contribution is -2.31. The molecule has 1 aliphatic rings. The van der Waals surface area contributed by atoms with Crippen LogP contribution < -0.4 is 4.90 Å². The zero-order valence-corrected chi connectivity index (χ0v) is 14.7. The van der Waals surface area contributed by atoms with E-state index in [0.29, 0.717) is 5.56 Å². The topological polar surface area (TPSA) is 57.6 Å². The predicted octanol–water partition coefficient (Wildman–Crippen LogP) is 3.98. The Labute approximate surface area is 148 Å². The molecule has 1 atom stereocenters. The molecule has 1 unspecified atom stereocenters. The highest BCUT2D eigenvalue weighted by molar-refractivity contribution is 6.10. The van der Waals surface area contributed by atoms with Crippen molar-refractivity contribution in [2.24, 2.45) is 0 Å². The van der Waals surface area contributed by atoms with Gasteiger partial charge in [-0.1, -0.05) is 23.8 Å². The summed E-state index contributed by atoms with van der Waals surface area (Å²) in [4.78, 5) is 25.9. The fraction of sp³-hybridized carbons (Fsp3) is 0.333. The third-order valence-electron chi connectivity index (χ3n) is 4.88. The molecule has 4 heteroatoms. The van der Waals surface area contributed by atoms with E-state index in [1.807, 2.05) is 56.3 Å². The summed E-state index contributed by atoms with van der Waals surface area (Å²) in [5.74, 6) is -0.744. The molecule has 1 saturated heterocycles. The van der Waals surface area contributed by atoms with E-state index in [1.54, 1.807) is 0 Å². The molecule has 1 aliphatic heterocycles. The Hall–Kier alpha value is -2.62. The largest absolute Gasteiger partial charge is 0.481 e. The van der Waals surface area contributed by atoms with Crippen molar-refractivity contribution in [1.29, 1.82) is 0 Å². The van der Waals surface area contributed by atoms with Gasteiger partial charge in [-0.3, -0.25) is 9.59 Å². The monoisotopic (exact) mass is 337 g/mol. The fourth-order valence-corrected chi connectivity index (χ4v) is 3.62. The van der Waals surface area contributed by atoms with Gasteiger partial charge in [0.25, 0.3) is 0 Å². The molecule has 2 aromatic rings. The van der Waals surface area contributed by atoms with Gasteiger partial charge < -0.3 is 10.0 Å². The Balaban J connectivity index is 1.80. The number of aliphatic carboxylic acids is 1. The molecule has 0 aliphatic carbocycles. The molecule has 0 radical (unpaired) electrons. The van der Waals surface area contributed by atoms with E-state index in [-0.39, 0.29) is 18.2 Å². The van der Waals surface area contributed by atoms with E-state index >= 15 is 0 Å². The van der Waals surface area contributed by atoms with Crippen molar-refractivity contribution in [3.63, 3.8) is 0 Å². The first kappa shape index (κ1) is 17.2. The van der Waals surface area contributed by atoms with E-state index in [9.17, 15) is 9.59 Å². The van der Waals surface area contributed by atoms with E-state index in [2.05, 4.69) is 4.90 Å². The Bertz CT molecular complexity index is 795. The molecule has 1 fully saturated rings. The second kappa shape index (κ2) is 7.09. The van der Waals surface area contributed by atoms with Crippen molar-refractivity contribution in [1.82, 2.24) is 0 Å². The summed E-state index contributed by atoms with van der Waals surface area (Å²) in [6.07, 6.45) is 2.06. The van der Waals surface area contributed by atoms with Crippen LogP contribution in [0.1, 0.15) is 46.3 Å². The molecule has 4 nitrogen and oxygen atoms in total. The highest BCUT2D eigenvalue weighted by Gasteiger charge is 2.26. The number of ketones is 1. The first-order valence-electron chi connectivity index (χ1n) is 8.66. The van der Waals surface area contributed by atoms with Crippen LogP contribution in [0.3, 0.4) is 0 Å². The van der Waals surface area contributed by atoms with Crippen molar-refractivity contribution < 1.29 is 14.7 Å². The standard InChI is InChI=1S/C21H23NO3/c1-14-5-10-19(15(2)12-14)21(25)16-6-8-17(9-7-16)22-11-3-4-18(22)13-20(23)24/h5-10,12,18H,3-4,11,13H2,1-2H3,(H,23,24). The number of rotatable bonds is 5. The number of hydrogen-bond acceptors (Lipinski definition) is 3. The third-order valence-corrected chi connectivity index (χ3v) is 4.88. The summed E-state index contributed by atoms with van der Waals surface area (Å²) in [6, 6.07) is 13.4. The number of benzene rings is 2. The van der Waals surface area contributed by atoms with Crippen molar-refractivity contribution in [2.75, 3.05) is 11.4 Å². The number of carbonyl (C=O) groups is 2. The van der Waals surface area contributed by atoms with Crippen LogP contribution in [0.15, 0.2) is 42.5 Å². The van der Waals surface area contributed by atoms with Crippen LogP contribution in [0.2, 0.25) is 0 Å². The molecule has 0 aromatic heterocycles. The molecule has 0 amide bonds. The first-order chi connectivity index (χ1) is 12.0. The third kappa shape index (κ3) is 3.73. The smallest absolute Gasteiger partial charge is 0.305 e. The number of nitrogens with zero attached hydrogens (tertiary/aromatic N) is 1. The van der Waals surface area contributed by atoms with Crippen molar-refractivity contribution in [3.05, 3.63) is 64.7 Å². The number of anilines is 1. The molecule has 130 valence electrons. The number of carbonyl (C=O) groups excluding carboxylic acids is 1. The van der Waals surface area contributed by atoms with Crippen molar-refractivity contribution >= 4 is 17.4 Å². The van der Waals surface area contributed by atoms with E-state index in [4.69, 9.17) is 5.11 Å². The molecule has 0 saturated carbocycles. The van der Waals surface area contributed by atoms with Gasteiger partial charge in [0, 0.05) is 29.4 Å². The Morgan fingerprint density at radius 3 is 2.48 bits per heavy atom. The highest BCUT2D eigenvalue weighted by Crippen LogP contribution is 2.28. The summed E-state index contributed by atoms with van der Waals surface area (Å²) in [6.45, 7) is 4.83. The number of hydrogen-bond donors (Lipinski definition) is 1. The van der Waals surface area contributed by atoms with Crippen LogP contribution in [-0.4, -0.2) is 29.4 Å². The van der Waals surface area contributed by atoms with Crippen LogP contribution in [-0.2, 0) is 4.79 Å². The maximum atomic E-state index is 12.7. The number of carboxylic acids is 1. The lowest BCUT2D eigenvalue weighted by molar-refractivity contribution is -0.137. The quantitative estimate of drug-likeness (QED) is 0.839. The summed E-state index contributed by atoms with van der Waals surface area (Å²) in [7, 11) is 0. The zero-order chi connectivity index (χ0) is 18.0. The molecule has 25 heavy (non-hydrogen) atoms. The van der Waals surface area contributed by atoms with Crippen molar-refractivity contribution in [2.45, 2.75) is 39.2 Å². The second-order valence-corrected chi connectivity index (χ2v) is 6.78. The first-order valence-corrected chi connectivity index (χ1v) is 8.66. The molecule has 2 aromatic carbocycles. The maximum Gasteiger partial charge on any atom is 0.305 e. The van der Waals surface area contributed by atoms with Crippen LogP contribution in [0.4, 0.5) is 5.69 Å². The molecule has 1 N–H and O–H groups in total. The fourth-order valence-electron chi connectivity index (χ4n) is 3.62. The van der Waals surface area contributed by atoms with Crippen LogP contribution >= 0.6 is 0 Å². The van der Waals surface area contributed by atoms with Gasteiger partial charge in [-0.25, -0.2) is 0 Å². The average molecular weight is 337 g/mol. The molecule has 3 rings (SSSR count). The Morgan fingerprint density at radius 1 is 1.12 bits per heavy atom. The molecular weight excluding hydrogens is 314 g/mol. The Morgan fingerprint density at radius 2 is 1.84 bits per heavy atom. The lowest BCUT2D eigenvalue weighted by Gasteiger charge is -2.25. The highest BCUT2D eigenvalue weighted by atomic mass is 16.4. The molecule has 0 bridgehead atoms. The van der Waals surface area contributed by atoms with E-state index < -0.39 is 5.97 Å². The summed E-state index contributed by atoms with van der Waals surface area (Å²) >= 11 is 0. The van der Waals surface area contributed by atoms with Gasteiger partial charge in [0.2, 0.25) is 0 Å². The number of aryl methyl sites for hydroxylation is 2. The maximum absolute atomic E-state index is 12.7. The lowest BCUT2D eigenvalue weighted by atomic mass is 9.97. The zero-order valence-electron chi connectivity index (χ0n) is 14.7. The summed E-state index contributed by atoms with van der Waals surface area (Å²) in [5, 5.41) is 9.06. The van der Waals surface area contributed by atoms with Gasteiger partial charge in [0.05, 0.1) is 6.42 Å². The van der Waals surface area contributed by atoms with Gasteiger partial charge in [-0.05, 0) is 56.5 Å². The van der Waals surface area contributed by atoms with Gasteiger partial charge in [0.1, 0.15) is 0 Å². The summed E-state index contributed by atoms with van der Waals surface area (Å²) in [5.41, 5.74) is 4.49. The van der Waals surface area contributed by atoms with Gasteiger partial charge in [-0.15, -0.1) is 0 Å². The average Bonchev–Trinajstić information content (AvgIpc) is 3.02. The van der Waals surface area contributed by atoms with E-state index in [0.717, 1.165) is 41.8 Å². The second-order valence-electron chi connectivity index (χ2n) is 6.78. The van der Waals surface area contributed by atoms with Gasteiger partial charge in [0.15, 0.2) is 5.78 Å². The van der Waals surface area contributed by atoms with Crippen LogP contribution in [0.5, 0.6) is 0 Å². The predicted molar refractivity (Wildman–Crippen MR) is 98.4 cm³/mol. The summed E-state index contributed by atoms with van der Waals surface area (Å²) < 4.78 is 0. The van der Waals surface area contributed by atoms with Gasteiger partial charge >= 0.3 is 5.97 Å². The minimum atomic E-state index is -0.765. The number of carboxylic acid groups (broad SMARTS) is 1. The SMILES string of the molecule is Cc1ccc(C(=O)c2ccc(N3CCCC3CC(=O)O)cc2)c(C)c1. The van der Waals surface area contributed by atoms with Crippen LogP contribution in [0.25, 0.3) is 0 Å². The minimum absolute atomic E-state index is 0.0209. The van der Waals surface area contributed by atoms with E-state index in [1.165, 1.54) is 0 Å². The Kier molecular flexibility index (Phi) is 4.88. The minimum Gasteiger partial charge on any atom is -0.481 e. The van der Waals surface area contributed by atoms with Crippen LogP contribution in [0, 0.1) is 13.8 Å². The molecular formula is C21H23NO3. The normalized spacial score (nSPS) is 16.9. The molecule has 0 spiro atoms. The van der Waals surface area contributed by atoms with Crippen molar-refractivity contribution in [3.8, 4) is 0 Å².